The van der Waals surface area contributed by atoms with Gasteiger partial charge in [-0.3, -0.25) is 0 Å². The molecule has 1 nitrogen and oxygen atoms in total. The number of rotatable bonds is 3. The van der Waals surface area contributed by atoms with Gasteiger partial charge in [-0.1, -0.05) is 82.3 Å². The normalized spacial score (nSPS) is 17.4. The lowest BCUT2D eigenvalue weighted by Gasteiger charge is -2.23. The van der Waals surface area contributed by atoms with Crippen LogP contribution >= 0.6 is 0 Å². The van der Waals surface area contributed by atoms with Gasteiger partial charge in [-0.2, -0.15) is 0 Å². The maximum Gasteiger partial charge on any atom is 0.0387 e. The first-order valence-electron chi connectivity index (χ1n) is 10.8. The summed E-state index contributed by atoms with van der Waals surface area (Å²) in [6, 6.07) is 22.3. The van der Waals surface area contributed by atoms with Crippen molar-refractivity contribution in [2.75, 3.05) is 5.32 Å². The molecule has 0 spiro atoms. The van der Waals surface area contributed by atoms with Crippen LogP contribution in [0.3, 0.4) is 0 Å². The van der Waals surface area contributed by atoms with Crippen molar-refractivity contribution in [3.8, 4) is 11.1 Å². The quantitative estimate of drug-likeness (QED) is 0.477. The second-order valence-electron chi connectivity index (χ2n) is 9.68. The molecule has 5 rings (SSSR count). The van der Waals surface area contributed by atoms with Crippen molar-refractivity contribution >= 4 is 16.9 Å². The Labute approximate surface area is 180 Å². The third-order valence-electron chi connectivity index (χ3n) is 7.40. The number of hydrogen-bond donors (Lipinski definition) is 1. The van der Waals surface area contributed by atoms with Crippen LogP contribution in [0.5, 0.6) is 0 Å². The van der Waals surface area contributed by atoms with Crippen LogP contribution in [-0.2, 0) is 10.8 Å². The molecule has 1 N–H and O–H groups in total. The van der Waals surface area contributed by atoms with Crippen molar-refractivity contribution < 1.29 is 0 Å². The van der Waals surface area contributed by atoms with Gasteiger partial charge in [0.05, 0.1) is 0 Å². The minimum absolute atomic E-state index is 0.0173. The minimum Gasteiger partial charge on any atom is -0.356 e. The third-order valence-corrected chi connectivity index (χ3v) is 7.40. The van der Waals surface area contributed by atoms with Gasteiger partial charge in [0.15, 0.2) is 0 Å². The molecule has 0 fully saturated rings. The Morgan fingerprint density at radius 2 is 1.27 bits per heavy atom. The molecule has 0 aliphatic heterocycles. The summed E-state index contributed by atoms with van der Waals surface area (Å²) in [7, 11) is 0. The SMILES string of the molecule is C=CC1=C(C)C(C)(C)c2cc(Nc3ccc4c(c3)C(C)(C)c3ccccc3-4)ccc21. The van der Waals surface area contributed by atoms with E-state index < -0.39 is 0 Å². The molecule has 3 aromatic rings. The zero-order valence-electron chi connectivity index (χ0n) is 18.6. The average Bonchev–Trinajstić information content (AvgIpc) is 3.07. The molecule has 0 aromatic heterocycles. The highest BCUT2D eigenvalue weighted by atomic mass is 14.9. The highest BCUT2D eigenvalue weighted by Gasteiger charge is 2.36. The zero-order chi connectivity index (χ0) is 21.3. The monoisotopic (exact) mass is 391 g/mol. The van der Waals surface area contributed by atoms with E-state index in [9.17, 15) is 0 Å². The second kappa shape index (κ2) is 6.22. The van der Waals surface area contributed by atoms with E-state index in [0.717, 1.165) is 11.4 Å². The van der Waals surface area contributed by atoms with Crippen molar-refractivity contribution in [2.24, 2.45) is 0 Å². The van der Waals surface area contributed by atoms with Gasteiger partial charge >= 0.3 is 0 Å². The molecule has 3 aromatic carbocycles. The van der Waals surface area contributed by atoms with Gasteiger partial charge in [-0.05, 0) is 70.1 Å². The molecule has 0 bridgehead atoms. The largest absolute Gasteiger partial charge is 0.356 e. The summed E-state index contributed by atoms with van der Waals surface area (Å²) in [5.41, 5.74) is 13.2. The van der Waals surface area contributed by atoms with Crippen molar-refractivity contribution in [3.05, 3.63) is 101 Å². The Hall–Kier alpha value is -3.06. The number of fused-ring (bicyclic) bond motifs is 4. The summed E-state index contributed by atoms with van der Waals surface area (Å²) in [6.07, 6.45) is 2.00. The van der Waals surface area contributed by atoms with E-state index in [1.54, 1.807) is 0 Å². The van der Waals surface area contributed by atoms with Gasteiger partial charge in [0.1, 0.15) is 0 Å². The topological polar surface area (TPSA) is 12.0 Å². The predicted molar refractivity (Wildman–Crippen MR) is 130 cm³/mol. The fourth-order valence-corrected chi connectivity index (χ4v) is 5.33. The first-order valence-corrected chi connectivity index (χ1v) is 10.8. The van der Waals surface area contributed by atoms with Crippen molar-refractivity contribution in [1.29, 1.82) is 0 Å². The van der Waals surface area contributed by atoms with Crippen LogP contribution in [0.15, 0.2) is 78.9 Å². The lowest BCUT2D eigenvalue weighted by Crippen LogP contribution is -2.16. The third kappa shape index (κ3) is 2.48. The molecule has 150 valence electrons. The predicted octanol–water partition coefficient (Wildman–Crippen LogP) is 7.99. The Morgan fingerprint density at radius 1 is 0.700 bits per heavy atom. The Kier molecular flexibility index (Phi) is 3.92. The molecule has 2 aliphatic rings. The van der Waals surface area contributed by atoms with Crippen LogP contribution in [0.2, 0.25) is 0 Å². The standard InChI is InChI=1S/C29H29N/c1-7-21-18(2)28(3,4)26-16-19(12-14-23(21)26)30-20-13-15-24-22-10-8-9-11-25(22)29(5,6)27(24)17-20/h7-17,30H,1H2,2-6H3. The van der Waals surface area contributed by atoms with E-state index in [2.05, 4.69) is 107 Å². The van der Waals surface area contributed by atoms with Crippen LogP contribution < -0.4 is 5.32 Å². The fourth-order valence-electron chi connectivity index (χ4n) is 5.33. The van der Waals surface area contributed by atoms with Crippen LogP contribution in [0.25, 0.3) is 16.7 Å². The minimum atomic E-state index is 0.0173. The molecule has 0 radical (unpaired) electrons. The first kappa shape index (κ1) is 18.9. The average molecular weight is 392 g/mol. The molecular formula is C29H29N. The maximum atomic E-state index is 4.04. The summed E-state index contributed by atoms with van der Waals surface area (Å²) < 4.78 is 0. The highest BCUT2D eigenvalue weighted by molar-refractivity contribution is 5.87. The smallest absolute Gasteiger partial charge is 0.0387 e. The molecule has 0 amide bonds. The molecule has 30 heavy (non-hydrogen) atoms. The number of anilines is 2. The zero-order valence-corrected chi connectivity index (χ0v) is 18.6. The van der Waals surface area contributed by atoms with Crippen LogP contribution in [0.1, 0.15) is 56.9 Å². The van der Waals surface area contributed by atoms with E-state index in [1.165, 1.54) is 44.5 Å². The number of benzene rings is 3. The molecule has 2 aliphatic carbocycles. The summed E-state index contributed by atoms with van der Waals surface area (Å²) in [5.74, 6) is 0. The summed E-state index contributed by atoms with van der Waals surface area (Å²) in [5, 5.41) is 3.67. The van der Waals surface area contributed by atoms with E-state index >= 15 is 0 Å². The van der Waals surface area contributed by atoms with Crippen LogP contribution in [-0.4, -0.2) is 0 Å². The first-order chi connectivity index (χ1) is 14.2. The molecule has 0 unspecified atom stereocenters. The van der Waals surface area contributed by atoms with Crippen molar-refractivity contribution in [3.63, 3.8) is 0 Å². The lowest BCUT2D eigenvalue weighted by atomic mass is 9.82. The summed E-state index contributed by atoms with van der Waals surface area (Å²) in [6.45, 7) is 15.5. The molecule has 0 saturated carbocycles. The summed E-state index contributed by atoms with van der Waals surface area (Å²) in [4.78, 5) is 0. The summed E-state index contributed by atoms with van der Waals surface area (Å²) >= 11 is 0. The van der Waals surface area contributed by atoms with Gasteiger partial charge < -0.3 is 5.32 Å². The number of hydrogen-bond acceptors (Lipinski definition) is 1. The Balaban J connectivity index is 1.52. The molecule has 0 saturated heterocycles. The van der Waals surface area contributed by atoms with E-state index in [1.807, 2.05) is 6.08 Å². The highest BCUT2D eigenvalue weighted by Crippen LogP contribution is 2.50. The number of nitrogens with one attached hydrogen (secondary N) is 1. The number of allylic oxidation sites excluding steroid dienone is 3. The Morgan fingerprint density at radius 3 is 1.93 bits per heavy atom. The molecule has 1 heteroatoms. The van der Waals surface area contributed by atoms with Gasteiger partial charge in [-0.15, -0.1) is 0 Å². The maximum absolute atomic E-state index is 4.04. The van der Waals surface area contributed by atoms with Gasteiger partial charge in [0, 0.05) is 22.2 Å². The second-order valence-corrected chi connectivity index (χ2v) is 9.68. The van der Waals surface area contributed by atoms with Crippen molar-refractivity contribution in [2.45, 2.75) is 45.4 Å². The van der Waals surface area contributed by atoms with Crippen LogP contribution in [0, 0.1) is 0 Å². The molecular weight excluding hydrogens is 362 g/mol. The van der Waals surface area contributed by atoms with E-state index in [4.69, 9.17) is 0 Å². The van der Waals surface area contributed by atoms with E-state index in [0.29, 0.717) is 0 Å². The lowest BCUT2D eigenvalue weighted by molar-refractivity contribution is 0.639. The Bertz CT molecular complexity index is 1240. The molecule has 0 heterocycles. The van der Waals surface area contributed by atoms with Gasteiger partial charge in [0.2, 0.25) is 0 Å². The van der Waals surface area contributed by atoms with Gasteiger partial charge in [0.25, 0.3) is 0 Å². The fraction of sp³-hybridized carbons (Fsp3) is 0.241. The van der Waals surface area contributed by atoms with Crippen LogP contribution in [0.4, 0.5) is 11.4 Å². The molecule has 0 atom stereocenters. The van der Waals surface area contributed by atoms with E-state index in [-0.39, 0.29) is 10.8 Å². The van der Waals surface area contributed by atoms with Gasteiger partial charge in [-0.25, -0.2) is 0 Å². The van der Waals surface area contributed by atoms with Crippen molar-refractivity contribution in [1.82, 2.24) is 0 Å².